The molecule has 0 aliphatic heterocycles. The number of nitrogens with one attached hydrogen (secondary N) is 2. The van der Waals surface area contributed by atoms with E-state index in [1.807, 2.05) is 24.3 Å². The highest BCUT2D eigenvalue weighted by molar-refractivity contribution is 7.80. The molecule has 5 heteroatoms. The van der Waals surface area contributed by atoms with Crippen molar-refractivity contribution in [3.8, 4) is 0 Å². The van der Waals surface area contributed by atoms with Crippen LogP contribution in [0.3, 0.4) is 0 Å². The van der Waals surface area contributed by atoms with Gasteiger partial charge >= 0.3 is 0 Å². The summed E-state index contributed by atoms with van der Waals surface area (Å²) in [5.74, 6) is 0. The van der Waals surface area contributed by atoms with Gasteiger partial charge in [0.15, 0.2) is 5.11 Å². The van der Waals surface area contributed by atoms with Crippen molar-refractivity contribution in [2.45, 2.75) is 37.8 Å². The second-order valence-electron chi connectivity index (χ2n) is 4.56. The lowest BCUT2D eigenvalue weighted by Gasteiger charge is -2.29. The van der Waals surface area contributed by atoms with Gasteiger partial charge in [-0.3, -0.25) is 0 Å². The number of rotatable bonds is 2. The molecule has 3 N–H and O–H groups in total. The van der Waals surface area contributed by atoms with E-state index in [-0.39, 0.29) is 12.1 Å². The van der Waals surface area contributed by atoms with Crippen molar-refractivity contribution in [3.05, 3.63) is 29.3 Å². The van der Waals surface area contributed by atoms with Gasteiger partial charge in [0.05, 0.1) is 12.1 Å². The van der Waals surface area contributed by atoms with Crippen molar-refractivity contribution in [1.29, 1.82) is 0 Å². The van der Waals surface area contributed by atoms with Crippen LogP contribution in [0.5, 0.6) is 0 Å². The minimum atomic E-state index is -0.302. The smallest absolute Gasteiger partial charge is 0.171 e. The Hall–Kier alpha value is -0.840. The number of aliphatic hydroxyl groups is 1. The van der Waals surface area contributed by atoms with Gasteiger partial charge in [-0.05, 0) is 49.3 Å². The molecular formula is C13H17ClN2OS. The minimum Gasteiger partial charge on any atom is -0.391 e. The summed E-state index contributed by atoms with van der Waals surface area (Å²) in [6.45, 7) is 0. The number of thiocarbonyl (C=S) groups is 1. The Morgan fingerprint density at radius 2 is 1.89 bits per heavy atom. The fourth-order valence-electron chi connectivity index (χ4n) is 2.15. The maximum atomic E-state index is 9.85. The quantitative estimate of drug-likeness (QED) is 0.731. The number of hydrogen-bond acceptors (Lipinski definition) is 2. The van der Waals surface area contributed by atoms with Crippen LogP contribution in [-0.4, -0.2) is 22.4 Å². The first kappa shape index (κ1) is 13.6. The van der Waals surface area contributed by atoms with E-state index in [4.69, 9.17) is 23.8 Å². The lowest BCUT2D eigenvalue weighted by molar-refractivity contribution is 0.100. The van der Waals surface area contributed by atoms with E-state index in [2.05, 4.69) is 10.6 Å². The van der Waals surface area contributed by atoms with E-state index < -0.39 is 0 Å². The Bertz CT molecular complexity index is 410. The third-order valence-electron chi connectivity index (χ3n) is 3.15. The predicted molar refractivity (Wildman–Crippen MR) is 79.1 cm³/mol. The van der Waals surface area contributed by atoms with Crippen molar-refractivity contribution in [1.82, 2.24) is 5.32 Å². The Kier molecular flexibility index (Phi) is 4.80. The van der Waals surface area contributed by atoms with E-state index >= 15 is 0 Å². The largest absolute Gasteiger partial charge is 0.391 e. The summed E-state index contributed by atoms with van der Waals surface area (Å²) in [5, 5.41) is 17.4. The Labute approximate surface area is 118 Å². The Morgan fingerprint density at radius 3 is 2.56 bits per heavy atom. The average molecular weight is 285 g/mol. The van der Waals surface area contributed by atoms with Crippen LogP contribution in [0.25, 0.3) is 0 Å². The molecule has 0 spiro atoms. The van der Waals surface area contributed by atoms with Crippen LogP contribution in [0.4, 0.5) is 5.69 Å². The van der Waals surface area contributed by atoms with Gasteiger partial charge in [-0.1, -0.05) is 24.4 Å². The molecule has 0 aromatic heterocycles. The molecule has 1 saturated carbocycles. The molecule has 0 amide bonds. The highest BCUT2D eigenvalue weighted by Crippen LogP contribution is 2.19. The molecule has 1 aliphatic carbocycles. The standard InChI is InChI=1S/C13H17ClN2OS/c14-9-5-7-10(8-6-9)15-13(18)16-11-3-1-2-4-12(11)17/h5-8,11-12,17H,1-4H2,(H2,15,16,18)/t11-,12-/m0/s1. The van der Waals surface area contributed by atoms with Crippen LogP contribution in [0, 0.1) is 0 Å². The highest BCUT2D eigenvalue weighted by Gasteiger charge is 2.23. The van der Waals surface area contributed by atoms with E-state index in [9.17, 15) is 5.11 Å². The summed E-state index contributed by atoms with van der Waals surface area (Å²) in [7, 11) is 0. The predicted octanol–water partition coefficient (Wildman–Crippen LogP) is 2.93. The van der Waals surface area contributed by atoms with E-state index in [0.29, 0.717) is 10.1 Å². The van der Waals surface area contributed by atoms with Crippen LogP contribution in [0.15, 0.2) is 24.3 Å². The summed E-state index contributed by atoms with van der Waals surface area (Å²) < 4.78 is 0. The van der Waals surface area contributed by atoms with Gasteiger partial charge in [-0.2, -0.15) is 0 Å². The lowest BCUT2D eigenvalue weighted by atomic mass is 9.93. The molecule has 18 heavy (non-hydrogen) atoms. The van der Waals surface area contributed by atoms with E-state index in [1.165, 1.54) is 0 Å². The number of anilines is 1. The van der Waals surface area contributed by atoms with E-state index in [0.717, 1.165) is 31.4 Å². The first-order valence-electron chi connectivity index (χ1n) is 6.16. The van der Waals surface area contributed by atoms with Gasteiger partial charge in [-0.15, -0.1) is 0 Å². The molecule has 3 nitrogen and oxygen atoms in total. The van der Waals surface area contributed by atoms with Crippen molar-refractivity contribution in [2.75, 3.05) is 5.32 Å². The molecule has 1 aliphatic rings. The topological polar surface area (TPSA) is 44.3 Å². The molecule has 2 rings (SSSR count). The fourth-order valence-corrected chi connectivity index (χ4v) is 2.54. The molecule has 0 bridgehead atoms. The van der Waals surface area contributed by atoms with Crippen molar-refractivity contribution in [3.63, 3.8) is 0 Å². The Morgan fingerprint density at radius 1 is 1.22 bits per heavy atom. The molecule has 1 fully saturated rings. The molecule has 1 aromatic carbocycles. The number of hydrogen-bond donors (Lipinski definition) is 3. The molecule has 0 unspecified atom stereocenters. The number of halogens is 1. The molecule has 0 saturated heterocycles. The molecule has 98 valence electrons. The van der Waals surface area contributed by atoms with Crippen LogP contribution < -0.4 is 10.6 Å². The zero-order valence-corrected chi connectivity index (χ0v) is 11.6. The Balaban J connectivity index is 1.86. The van der Waals surface area contributed by atoms with Crippen LogP contribution in [0.2, 0.25) is 5.02 Å². The summed E-state index contributed by atoms with van der Waals surface area (Å²) in [6, 6.07) is 7.41. The van der Waals surface area contributed by atoms with Crippen molar-refractivity contribution < 1.29 is 5.11 Å². The first-order valence-corrected chi connectivity index (χ1v) is 6.95. The van der Waals surface area contributed by atoms with Crippen molar-refractivity contribution in [2.24, 2.45) is 0 Å². The molecule has 1 aromatic rings. The van der Waals surface area contributed by atoms with E-state index in [1.54, 1.807) is 0 Å². The lowest BCUT2D eigenvalue weighted by Crippen LogP contribution is -2.46. The van der Waals surface area contributed by atoms with Gasteiger partial charge in [0, 0.05) is 10.7 Å². The van der Waals surface area contributed by atoms with Gasteiger partial charge in [-0.25, -0.2) is 0 Å². The summed E-state index contributed by atoms with van der Waals surface area (Å²) in [4.78, 5) is 0. The second kappa shape index (κ2) is 6.36. The summed E-state index contributed by atoms with van der Waals surface area (Å²) >= 11 is 11.0. The van der Waals surface area contributed by atoms with Crippen LogP contribution >= 0.6 is 23.8 Å². The number of aliphatic hydroxyl groups excluding tert-OH is 1. The van der Waals surface area contributed by atoms with Gasteiger partial charge in [0.1, 0.15) is 0 Å². The van der Waals surface area contributed by atoms with Gasteiger partial charge in [0.25, 0.3) is 0 Å². The zero-order valence-electron chi connectivity index (χ0n) is 10.0. The fraction of sp³-hybridized carbons (Fsp3) is 0.462. The van der Waals surface area contributed by atoms with Crippen LogP contribution in [0.1, 0.15) is 25.7 Å². The maximum absolute atomic E-state index is 9.85. The van der Waals surface area contributed by atoms with Gasteiger partial charge < -0.3 is 15.7 Å². The minimum absolute atomic E-state index is 0.0612. The number of benzene rings is 1. The average Bonchev–Trinajstić information content (AvgIpc) is 2.35. The SMILES string of the molecule is O[C@H]1CCCC[C@@H]1NC(=S)Nc1ccc(Cl)cc1. The summed E-state index contributed by atoms with van der Waals surface area (Å²) in [5.41, 5.74) is 0.891. The van der Waals surface area contributed by atoms with Crippen LogP contribution in [-0.2, 0) is 0 Å². The van der Waals surface area contributed by atoms with Crippen molar-refractivity contribution >= 4 is 34.6 Å². The summed E-state index contributed by atoms with van der Waals surface area (Å²) in [6.07, 6.45) is 3.74. The monoisotopic (exact) mass is 284 g/mol. The highest BCUT2D eigenvalue weighted by atomic mass is 35.5. The maximum Gasteiger partial charge on any atom is 0.171 e. The molecule has 0 radical (unpaired) electrons. The molecule has 0 heterocycles. The second-order valence-corrected chi connectivity index (χ2v) is 5.41. The molecule has 2 atom stereocenters. The normalized spacial score (nSPS) is 23.4. The molecular weight excluding hydrogens is 268 g/mol. The first-order chi connectivity index (χ1) is 8.65. The third kappa shape index (κ3) is 3.83. The third-order valence-corrected chi connectivity index (χ3v) is 3.62. The zero-order chi connectivity index (χ0) is 13.0. The van der Waals surface area contributed by atoms with Gasteiger partial charge in [0.2, 0.25) is 0 Å².